The lowest BCUT2D eigenvalue weighted by Crippen LogP contribution is -2.49. The van der Waals surface area contributed by atoms with Gasteiger partial charge < -0.3 is 21.3 Å². The van der Waals surface area contributed by atoms with Crippen LogP contribution < -0.4 is 21.3 Å². The molecule has 2 aromatic heterocycles. The number of primary amides is 1. The number of nitrogens with two attached hydrogens (primary N) is 1. The lowest BCUT2D eigenvalue weighted by molar-refractivity contribution is -0.122. The van der Waals surface area contributed by atoms with Crippen molar-refractivity contribution in [3.63, 3.8) is 0 Å². The Morgan fingerprint density at radius 2 is 2.15 bits per heavy atom. The molecule has 1 aliphatic rings. The van der Waals surface area contributed by atoms with Crippen molar-refractivity contribution >= 4 is 29.2 Å². The minimum absolute atomic E-state index is 0.0256. The van der Waals surface area contributed by atoms with Crippen LogP contribution in [0.3, 0.4) is 0 Å². The van der Waals surface area contributed by atoms with Crippen molar-refractivity contribution in [2.24, 2.45) is 5.73 Å². The standard InChI is InChI=1S/C17H22N6O2S/c18-16(25)22-13(14-5-2-9-26-14)10-15(24)21-12-4-1-8-23(11-12)17-19-6-3-7-20-17/h2-3,5-7,9,12-13H,1,4,8,10-11H2,(H,21,24)(H3,18,22,25)/t12-,13+/m1/s1. The van der Waals surface area contributed by atoms with Crippen LogP contribution >= 0.6 is 11.3 Å². The summed E-state index contributed by atoms with van der Waals surface area (Å²) in [4.78, 5) is 35.3. The normalized spacial score (nSPS) is 18.2. The summed E-state index contributed by atoms with van der Waals surface area (Å²) in [5.41, 5.74) is 5.24. The average Bonchev–Trinajstić information content (AvgIpc) is 3.16. The van der Waals surface area contributed by atoms with Crippen molar-refractivity contribution in [2.75, 3.05) is 18.0 Å². The topological polar surface area (TPSA) is 113 Å². The molecule has 0 spiro atoms. The van der Waals surface area contributed by atoms with Crippen LogP contribution in [0.2, 0.25) is 0 Å². The number of thiophene rings is 1. The predicted molar refractivity (Wildman–Crippen MR) is 99.8 cm³/mol. The number of rotatable bonds is 6. The van der Waals surface area contributed by atoms with Gasteiger partial charge in [-0.15, -0.1) is 11.3 Å². The average molecular weight is 374 g/mol. The van der Waals surface area contributed by atoms with E-state index in [1.165, 1.54) is 11.3 Å². The second-order valence-electron chi connectivity index (χ2n) is 6.18. The Bertz CT molecular complexity index is 724. The number of nitrogens with one attached hydrogen (secondary N) is 2. The molecule has 8 nitrogen and oxygen atoms in total. The van der Waals surface area contributed by atoms with Gasteiger partial charge in [0.1, 0.15) is 0 Å². The summed E-state index contributed by atoms with van der Waals surface area (Å²) in [6.07, 6.45) is 5.44. The minimum atomic E-state index is -0.638. The lowest BCUT2D eigenvalue weighted by Gasteiger charge is -2.33. The molecule has 3 heterocycles. The molecule has 138 valence electrons. The number of piperidine rings is 1. The zero-order chi connectivity index (χ0) is 18.4. The monoisotopic (exact) mass is 374 g/mol. The van der Waals surface area contributed by atoms with Gasteiger partial charge in [-0.25, -0.2) is 14.8 Å². The highest BCUT2D eigenvalue weighted by molar-refractivity contribution is 7.10. The summed E-state index contributed by atoms with van der Waals surface area (Å²) in [5, 5.41) is 7.61. The maximum absolute atomic E-state index is 12.5. The van der Waals surface area contributed by atoms with Gasteiger partial charge in [0.25, 0.3) is 0 Å². The van der Waals surface area contributed by atoms with Crippen molar-refractivity contribution in [3.8, 4) is 0 Å². The van der Waals surface area contributed by atoms with Crippen LogP contribution in [-0.2, 0) is 4.79 Å². The van der Waals surface area contributed by atoms with Crippen molar-refractivity contribution in [2.45, 2.75) is 31.3 Å². The van der Waals surface area contributed by atoms with Crippen molar-refractivity contribution < 1.29 is 9.59 Å². The first-order chi connectivity index (χ1) is 12.6. The first kappa shape index (κ1) is 18.1. The largest absolute Gasteiger partial charge is 0.352 e. The van der Waals surface area contributed by atoms with E-state index in [0.29, 0.717) is 12.5 Å². The van der Waals surface area contributed by atoms with E-state index >= 15 is 0 Å². The van der Waals surface area contributed by atoms with E-state index in [1.807, 2.05) is 17.5 Å². The Kier molecular flexibility index (Phi) is 6.00. The quantitative estimate of drug-likeness (QED) is 0.708. The molecule has 4 N–H and O–H groups in total. The van der Waals surface area contributed by atoms with Gasteiger partial charge in [-0.2, -0.15) is 0 Å². The number of nitrogens with zero attached hydrogens (tertiary/aromatic N) is 3. The fraction of sp³-hybridized carbons (Fsp3) is 0.412. The summed E-state index contributed by atoms with van der Waals surface area (Å²) in [6, 6.07) is 4.52. The molecule has 9 heteroatoms. The number of anilines is 1. The van der Waals surface area contributed by atoms with Crippen LogP contribution in [0.4, 0.5) is 10.7 Å². The highest BCUT2D eigenvalue weighted by Crippen LogP contribution is 2.22. The first-order valence-corrected chi connectivity index (χ1v) is 9.40. The van der Waals surface area contributed by atoms with E-state index in [-0.39, 0.29) is 18.4 Å². The molecule has 0 radical (unpaired) electrons. The van der Waals surface area contributed by atoms with Crippen LogP contribution in [0.25, 0.3) is 0 Å². The van der Waals surface area contributed by atoms with Crippen LogP contribution in [-0.4, -0.2) is 41.0 Å². The van der Waals surface area contributed by atoms with Gasteiger partial charge in [-0.05, 0) is 30.4 Å². The molecule has 3 amide bonds. The molecule has 3 rings (SSSR count). The van der Waals surface area contributed by atoms with Crippen LogP contribution in [0, 0.1) is 0 Å². The van der Waals surface area contributed by atoms with E-state index in [0.717, 1.165) is 24.3 Å². The smallest absolute Gasteiger partial charge is 0.312 e. The van der Waals surface area contributed by atoms with Crippen LogP contribution in [0.5, 0.6) is 0 Å². The van der Waals surface area contributed by atoms with Crippen molar-refractivity contribution in [3.05, 3.63) is 40.8 Å². The maximum atomic E-state index is 12.5. The van der Waals surface area contributed by atoms with E-state index in [4.69, 9.17) is 5.73 Å². The highest BCUT2D eigenvalue weighted by Gasteiger charge is 2.25. The molecule has 2 aromatic rings. The molecule has 1 saturated heterocycles. The van der Waals surface area contributed by atoms with Crippen LogP contribution in [0.15, 0.2) is 36.0 Å². The zero-order valence-corrected chi connectivity index (χ0v) is 15.1. The third-order valence-electron chi connectivity index (χ3n) is 4.21. The van der Waals surface area contributed by atoms with Gasteiger partial charge >= 0.3 is 6.03 Å². The SMILES string of the molecule is NC(=O)N[C@@H](CC(=O)N[C@@H]1CCCN(c2ncccn2)C1)c1cccs1. The van der Waals surface area contributed by atoms with Gasteiger partial charge in [-0.3, -0.25) is 4.79 Å². The second kappa shape index (κ2) is 8.61. The molecule has 0 bridgehead atoms. The zero-order valence-electron chi connectivity index (χ0n) is 14.3. The van der Waals surface area contributed by atoms with E-state index in [9.17, 15) is 9.59 Å². The maximum Gasteiger partial charge on any atom is 0.312 e. The van der Waals surface area contributed by atoms with Gasteiger partial charge in [0.15, 0.2) is 0 Å². The summed E-state index contributed by atoms with van der Waals surface area (Å²) in [6.45, 7) is 1.54. The minimum Gasteiger partial charge on any atom is -0.352 e. The van der Waals surface area contributed by atoms with E-state index in [2.05, 4.69) is 25.5 Å². The van der Waals surface area contributed by atoms with Gasteiger partial charge in [0.05, 0.1) is 12.5 Å². The number of amides is 3. The fourth-order valence-electron chi connectivity index (χ4n) is 3.09. The summed E-state index contributed by atoms with van der Waals surface area (Å²) >= 11 is 1.48. The number of hydrogen-bond donors (Lipinski definition) is 3. The molecule has 2 atom stereocenters. The molecule has 0 aromatic carbocycles. The first-order valence-electron chi connectivity index (χ1n) is 8.52. The number of urea groups is 1. The molecular formula is C17H22N6O2S. The lowest BCUT2D eigenvalue weighted by atomic mass is 10.1. The molecule has 1 fully saturated rings. The Labute approximate surface area is 155 Å². The van der Waals surface area contributed by atoms with Crippen molar-refractivity contribution in [1.29, 1.82) is 0 Å². The molecule has 0 aliphatic carbocycles. The molecule has 1 aliphatic heterocycles. The molecule has 0 unspecified atom stereocenters. The summed E-state index contributed by atoms with van der Waals surface area (Å²) in [5.74, 6) is 0.566. The Morgan fingerprint density at radius 3 is 2.85 bits per heavy atom. The van der Waals surface area contributed by atoms with Gasteiger partial charge in [0, 0.05) is 36.4 Å². The van der Waals surface area contributed by atoms with Gasteiger partial charge in [0.2, 0.25) is 11.9 Å². The predicted octanol–water partition coefficient (Wildman–Crippen LogP) is 1.42. The summed E-state index contributed by atoms with van der Waals surface area (Å²) in [7, 11) is 0. The number of carbonyl (C=O) groups excluding carboxylic acids is 2. The Balaban J connectivity index is 1.57. The third kappa shape index (κ3) is 4.92. The second-order valence-corrected chi connectivity index (χ2v) is 7.16. The molecule has 0 saturated carbocycles. The summed E-state index contributed by atoms with van der Waals surface area (Å²) < 4.78 is 0. The fourth-order valence-corrected chi connectivity index (χ4v) is 3.87. The number of hydrogen-bond acceptors (Lipinski definition) is 6. The number of aromatic nitrogens is 2. The molecule has 26 heavy (non-hydrogen) atoms. The van der Waals surface area contributed by atoms with Crippen LogP contribution in [0.1, 0.15) is 30.2 Å². The Morgan fingerprint density at radius 1 is 1.35 bits per heavy atom. The highest BCUT2D eigenvalue weighted by atomic mass is 32.1. The van der Waals surface area contributed by atoms with Gasteiger partial charge in [-0.1, -0.05) is 6.07 Å². The van der Waals surface area contributed by atoms with Crippen molar-refractivity contribution in [1.82, 2.24) is 20.6 Å². The number of carbonyl (C=O) groups is 2. The molecular weight excluding hydrogens is 352 g/mol. The van der Waals surface area contributed by atoms with E-state index in [1.54, 1.807) is 18.5 Å². The van der Waals surface area contributed by atoms with E-state index < -0.39 is 12.1 Å². The third-order valence-corrected chi connectivity index (χ3v) is 5.20. The Hall–Kier alpha value is -2.68.